The van der Waals surface area contributed by atoms with Crippen LogP contribution in [0.15, 0.2) is 12.0 Å². The van der Waals surface area contributed by atoms with E-state index in [0.29, 0.717) is 0 Å². The van der Waals surface area contributed by atoms with Crippen molar-refractivity contribution in [1.29, 1.82) is 0 Å². The van der Waals surface area contributed by atoms with Crippen molar-refractivity contribution in [2.24, 2.45) is 0 Å². The Morgan fingerprint density at radius 1 is 1.86 bits per heavy atom. The van der Waals surface area contributed by atoms with Gasteiger partial charge in [-0.05, 0) is 17.9 Å². The van der Waals surface area contributed by atoms with Gasteiger partial charge < -0.3 is 0 Å². The summed E-state index contributed by atoms with van der Waals surface area (Å²) in [5.41, 5.74) is 0. The summed E-state index contributed by atoms with van der Waals surface area (Å²) in [5.74, 6) is 0. The lowest BCUT2D eigenvalue weighted by atomic mass is 11.3. The zero-order valence-electron chi connectivity index (χ0n) is 4.64. The second-order valence-corrected chi connectivity index (χ2v) is 3.81. The van der Waals surface area contributed by atoms with Crippen molar-refractivity contribution in [2.45, 2.75) is 0 Å². The smallest absolute Gasteiger partial charge is 0.00296 e. The van der Waals surface area contributed by atoms with Gasteiger partial charge in [0.2, 0.25) is 0 Å². The fourth-order valence-electron chi connectivity index (χ4n) is 0.181. The summed E-state index contributed by atoms with van der Waals surface area (Å²) in [6.07, 6.45) is 4.14. The van der Waals surface area contributed by atoms with E-state index in [2.05, 4.69) is 17.0 Å². The largest absolute Gasteiger partial charge is 0.226 e. The van der Waals surface area contributed by atoms with Crippen molar-refractivity contribution >= 4 is 23.0 Å². The Morgan fingerprint density at radius 3 is 2.57 bits per heavy atom. The van der Waals surface area contributed by atoms with E-state index in [-0.39, 0.29) is 11.1 Å². The minimum Gasteiger partial charge on any atom is -0.226 e. The summed E-state index contributed by atoms with van der Waals surface area (Å²) >= 11 is 1.54. The van der Waals surface area contributed by atoms with Gasteiger partial charge in [-0.1, -0.05) is 18.5 Å². The van der Waals surface area contributed by atoms with Crippen molar-refractivity contribution in [3.8, 4) is 0 Å². The Morgan fingerprint density at radius 2 is 2.43 bits per heavy atom. The number of hydrogen-bond acceptors (Lipinski definition) is 2. The van der Waals surface area contributed by atoms with Gasteiger partial charge in [0.15, 0.2) is 0 Å². The molecule has 0 amide bonds. The minimum absolute atomic E-state index is 0.102. The molecule has 0 spiro atoms. The predicted molar refractivity (Wildman–Crippen MR) is 41.8 cm³/mol. The van der Waals surface area contributed by atoms with Crippen LogP contribution < -0.4 is 4.13 Å². The highest BCUT2D eigenvalue weighted by molar-refractivity contribution is 8.24. The van der Waals surface area contributed by atoms with E-state index in [4.69, 9.17) is 0 Å². The summed E-state index contributed by atoms with van der Waals surface area (Å²) in [5, 5.41) is 1.94. The third-order valence-corrected chi connectivity index (χ3v) is 2.94. The molecule has 0 heterocycles. The van der Waals surface area contributed by atoms with E-state index in [1.54, 1.807) is 11.9 Å². The van der Waals surface area contributed by atoms with Crippen LogP contribution in [-0.2, 0) is 0 Å². The molecule has 1 atom stereocenters. The van der Waals surface area contributed by atoms with Crippen LogP contribution in [0.5, 0.6) is 0 Å². The van der Waals surface area contributed by atoms with Gasteiger partial charge in [0, 0.05) is 0 Å². The summed E-state index contributed by atoms with van der Waals surface area (Å²) < 4.78 is 3.16. The van der Waals surface area contributed by atoms with E-state index >= 15 is 0 Å². The van der Waals surface area contributed by atoms with Crippen LogP contribution in [0.4, 0.5) is 0 Å². The molecular weight excluding hydrogens is 126 g/mol. The first-order valence-electron chi connectivity index (χ1n) is 1.95. The Bertz CT molecular complexity index is 55.7. The number of nitrogens with one attached hydrogen (secondary N) is 1. The Labute approximate surface area is 52.2 Å². The maximum atomic E-state index is 3.63. The molecule has 0 bridgehead atoms. The maximum Gasteiger partial charge on any atom is -0.00296 e. The van der Waals surface area contributed by atoms with Crippen molar-refractivity contribution in [3.05, 3.63) is 12.0 Å². The average molecular weight is 137 g/mol. The first kappa shape index (κ1) is 7.40. The summed E-state index contributed by atoms with van der Waals surface area (Å²) in [6.45, 7) is 3.63. The molecule has 3 heteroatoms. The molecule has 0 aromatic heterocycles. The molecule has 1 nitrogen and oxygen atoms in total. The Kier molecular flexibility index (Phi) is 4.82. The number of rotatable bonds is 3. The first-order valence-corrected chi connectivity index (χ1v) is 5.03. The lowest BCUT2D eigenvalue weighted by Gasteiger charge is -2.07. The van der Waals surface area contributed by atoms with E-state index in [9.17, 15) is 0 Å². The molecule has 0 aliphatic rings. The second kappa shape index (κ2) is 4.56. The van der Waals surface area contributed by atoms with Gasteiger partial charge in [-0.3, -0.25) is 0 Å². The van der Waals surface area contributed by atoms with Crippen LogP contribution in [0.25, 0.3) is 0 Å². The molecule has 0 radical (unpaired) electrons. The molecule has 0 aromatic rings. The van der Waals surface area contributed by atoms with Crippen molar-refractivity contribution in [1.82, 2.24) is 4.13 Å². The van der Waals surface area contributed by atoms with Gasteiger partial charge in [-0.25, -0.2) is 4.13 Å². The van der Waals surface area contributed by atoms with Gasteiger partial charge in [-0.2, -0.15) is 11.1 Å². The molecule has 0 fully saturated rings. The topological polar surface area (TPSA) is 12.0 Å². The molecule has 0 aliphatic carbocycles. The van der Waals surface area contributed by atoms with Gasteiger partial charge in [0.25, 0.3) is 0 Å². The van der Waals surface area contributed by atoms with E-state index in [0.717, 1.165) is 0 Å². The molecule has 1 N–H and O–H groups in total. The van der Waals surface area contributed by atoms with E-state index in [1.165, 1.54) is 0 Å². The standard InChI is InChI=1S/C4H11NS2/c1-4-7(3)5-6-2/h4-5,7H,1H2,2-3H3. The normalized spacial score (nSPS) is 16.0. The van der Waals surface area contributed by atoms with Gasteiger partial charge in [0.1, 0.15) is 0 Å². The summed E-state index contributed by atoms with van der Waals surface area (Å²) in [6, 6.07) is 0. The van der Waals surface area contributed by atoms with Crippen LogP contribution in [0.3, 0.4) is 0 Å². The van der Waals surface area contributed by atoms with Crippen LogP contribution in [-0.4, -0.2) is 12.5 Å². The molecule has 44 valence electrons. The molecule has 0 aliphatic heterocycles. The average Bonchev–Trinajstić information content (AvgIpc) is 1.68. The van der Waals surface area contributed by atoms with E-state index < -0.39 is 0 Å². The number of thiol groups is 1. The zero-order valence-corrected chi connectivity index (χ0v) is 6.35. The highest BCUT2D eigenvalue weighted by Gasteiger charge is 1.80. The summed E-state index contributed by atoms with van der Waals surface area (Å²) in [4.78, 5) is 0. The third-order valence-electron chi connectivity index (χ3n) is 0.509. The SMILES string of the molecule is C=C[SH](C)NSC. The van der Waals surface area contributed by atoms with Crippen LogP contribution in [0.2, 0.25) is 0 Å². The number of hydrogen-bond donors (Lipinski definition) is 2. The minimum atomic E-state index is -0.102. The Balaban J connectivity index is 2.98. The van der Waals surface area contributed by atoms with Crippen molar-refractivity contribution in [3.63, 3.8) is 0 Å². The molecule has 0 aromatic carbocycles. The maximum absolute atomic E-state index is 3.63. The van der Waals surface area contributed by atoms with Crippen LogP contribution in [0, 0.1) is 0 Å². The highest BCUT2D eigenvalue weighted by atomic mass is 32.3. The fraction of sp³-hybridized carbons (Fsp3) is 0.500. The van der Waals surface area contributed by atoms with Gasteiger partial charge in [-0.15, -0.1) is 0 Å². The first-order chi connectivity index (χ1) is 3.31. The van der Waals surface area contributed by atoms with E-state index in [1.807, 2.05) is 11.7 Å². The zero-order chi connectivity index (χ0) is 5.70. The third kappa shape index (κ3) is 4.25. The lowest BCUT2D eigenvalue weighted by molar-refractivity contribution is 1.73. The monoisotopic (exact) mass is 137 g/mol. The molecule has 1 unspecified atom stereocenters. The molecule has 7 heavy (non-hydrogen) atoms. The molecule has 0 saturated heterocycles. The second-order valence-electron chi connectivity index (χ2n) is 1.09. The lowest BCUT2D eigenvalue weighted by Crippen LogP contribution is -1.91. The highest BCUT2D eigenvalue weighted by Crippen LogP contribution is 2.16. The molecular formula is C4H11NS2. The van der Waals surface area contributed by atoms with Crippen molar-refractivity contribution in [2.75, 3.05) is 12.5 Å². The molecule has 0 saturated carbocycles. The van der Waals surface area contributed by atoms with Crippen LogP contribution in [0.1, 0.15) is 0 Å². The fourth-order valence-corrected chi connectivity index (χ4v) is 1.63. The van der Waals surface area contributed by atoms with Gasteiger partial charge >= 0.3 is 0 Å². The summed E-state index contributed by atoms with van der Waals surface area (Å²) in [7, 11) is 0. The van der Waals surface area contributed by atoms with Crippen LogP contribution >= 0.6 is 23.0 Å². The Hall–Kier alpha value is 0.400. The predicted octanol–water partition coefficient (Wildman–Crippen LogP) is 1.54. The quantitative estimate of drug-likeness (QED) is 0.452. The van der Waals surface area contributed by atoms with Crippen molar-refractivity contribution < 1.29 is 0 Å². The molecule has 0 rings (SSSR count). The van der Waals surface area contributed by atoms with Gasteiger partial charge in [0.05, 0.1) is 0 Å².